The van der Waals surface area contributed by atoms with E-state index in [4.69, 9.17) is 0 Å². The molecule has 2 rings (SSSR count). The molecular formula is C10H17N5O2. The number of anilines is 1. The minimum Gasteiger partial charge on any atom is -0.358 e. The zero-order valence-electron chi connectivity index (χ0n) is 10.1. The van der Waals surface area contributed by atoms with Gasteiger partial charge in [0.1, 0.15) is 0 Å². The number of piperidine rings is 1. The number of nitro groups is 1. The van der Waals surface area contributed by atoms with Crippen molar-refractivity contribution in [2.24, 2.45) is 7.05 Å². The molecule has 0 spiro atoms. The Labute approximate surface area is 99.6 Å². The Morgan fingerprint density at radius 2 is 2.00 bits per heavy atom. The number of nitrogens with zero attached hydrogens (tertiary/aromatic N) is 4. The fourth-order valence-electron chi connectivity index (χ4n) is 2.00. The maximum atomic E-state index is 10.9. The maximum absolute atomic E-state index is 10.9. The summed E-state index contributed by atoms with van der Waals surface area (Å²) in [6, 6.07) is 0. The summed E-state index contributed by atoms with van der Waals surface area (Å²) in [7, 11) is 1.78. The number of hydrazine groups is 1. The molecule has 1 aromatic rings. The highest BCUT2D eigenvalue weighted by molar-refractivity contribution is 5.52. The van der Waals surface area contributed by atoms with Crippen molar-refractivity contribution in [2.75, 3.05) is 18.5 Å². The predicted octanol–water partition coefficient (Wildman–Crippen LogP) is 1.45. The molecule has 7 nitrogen and oxygen atoms in total. The van der Waals surface area contributed by atoms with E-state index in [2.05, 4.69) is 10.4 Å². The summed E-state index contributed by atoms with van der Waals surface area (Å²) in [5, 5.41) is 12.9. The first-order valence-corrected chi connectivity index (χ1v) is 5.79. The third kappa shape index (κ3) is 2.38. The van der Waals surface area contributed by atoms with E-state index in [0.29, 0.717) is 11.6 Å². The lowest BCUT2D eigenvalue weighted by molar-refractivity contribution is -0.388. The molecule has 0 radical (unpaired) electrons. The molecule has 0 aliphatic carbocycles. The van der Waals surface area contributed by atoms with Crippen molar-refractivity contribution in [1.82, 2.24) is 14.6 Å². The monoisotopic (exact) mass is 239 g/mol. The number of hydrogen-bond donors (Lipinski definition) is 1. The zero-order chi connectivity index (χ0) is 12.4. The van der Waals surface area contributed by atoms with Crippen molar-refractivity contribution in [1.29, 1.82) is 0 Å². The third-order valence-electron chi connectivity index (χ3n) is 3.09. The van der Waals surface area contributed by atoms with Crippen LogP contribution < -0.4 is 5.43 Å². The summed E-state index contributed by atoms with van der Waals surface area (Å²) in [6.07, 6.45) is 3.47. The van der Waals surface area contributed by atoms with Crippen molar-refractivity contribution in [3.8, 4) is 0 Å². The molecule has 0 aromatic carbocycles. The van der Waals surface area contributed by atoms with Gasteiger partial charge in [-0.05, 0) is 22.7 Å². The highest BCUT2D eigenvalue weighted by Crippen LogP contribution is 2.25. The van der Waals surface area contributed by atoms with Gasteiger partial charge in [0.05, 0.1) is 0 Å². The average molecular weight is 239 g/mol. The van der Waals surface area contributed by atoms with E-state index in [9.17, 15) is 10.1 Å². The van der Waals surface area contributed by atoms with Crippen LogP contribution in [0.4, 0.5) is 11.6 Å². The molecule has 1 aliphatic heterocycles. The minimum absolute atomic E-state index is 0.101. The summed E-state index contributed by atoms with van der Waals surface area (Å²) < 4.78 is 1.72. The van der Waals surface area contributed by atoms with Gasteiger partial charge < -0.3 is 10.1 Å². The smallest absolute Gasteiger partial charge is 0.358 e. The Morgan fingerprint density at radius 3 is 2.59 bits per heavy atom. The van der Waals surface area contributed by atoms with Crippen LogP contribution in [0.2, 0.25) is 0 Å². The van der Waals surface area contributed by atoms with Gasteiger partial charge in [-0.3, -0.25) is 9.99 Å². The molecule has 0 saturated carbocycles. The van der Waals surface area contributed by atoms with E-state index >= 15 is 0 Å². The van der Waals surface area contributed by atoms with Crippen LogP contribution in [0, 0.1) is 17.0 Å². The lowest BCUT2D eigenvalue weighted by atomic mass is 10.2. The molecule has 0 atom stereocenters. The Hall–Kier alpha value is -1.63. The maximum Gasteiger partial charge on any atom is 0.408 e. The minimum atomic E-state index is -0.445. The molecule has 94 valence electrons. The lowest BCUT2D eigenvalue weighted by Gasteiger charge is -2.27. The topological polar surface area (TPSA) is 76.2 Å². The molecule has 1 aromatic heterocycles. The fraction of sp³-hybridized carbons (Fsp3) is 0.700. The van der Waals surface area contributed by atoms with Crippen LogP contribution in [-0.2, 0) is 7.05 Å². The molecule has 0 bridgehead atoms. The van der Waals surface area contributed by atoms with Gasteiger partial charge in [-0.25, -0.2) is 5.01 Å². The van der Waals surface area contributed by atoms with E-state index in [1.54, 1.807) is 18.5 Å². The molecule has 0 unspecified atom stereocenters. The molecule has 0 amide bonds. The molecule has 1 aliphatic rings. The highest BCUT2D eigenvalue weighted by atomic mass is 16.6. The van der Waals surface area contributed by atoms with Crippen molar-refractivity contribution in [3.63, 3.8) is 0 Å². The molecule has 2 heterocycles. The van der Waals surface area contributed by atoms with Crippen LogP contribution in [0.25, 0.3) is 0 Å². The Bertz CT molecular complexity index is 423. The van der Waals surface area contributed by atoms with Gasteiger partial charge >= 0.3 is 5.82 Å². The Balaban J connectivity index is 2.21. The third-order valence-corrected chi connectivity index (χ3v) is 3.09. The number of nitrogens with one attached hydrogen (secondary N) is 1. The second kappa shape index (κ2) is 4.70. The first kappa shape index (κ1) is 11.8. The van der Waals surface area contributed by atoms with Crippen molar-refractivity contribution in [2.45, 2.75) is 26.2 Å². The van der Waals surface area contributed by atoms with Crippen LogP contribution >= 0.6 is 0 Å². The average Bonchev–Trinajstić information content (AvgIpc) is 2.59. The van der Waals surface area contributed by atoms with E-state index in [1.165, 1.54) is 6.42 Å². The Morgan fingerprint density at radius 1 is 1.35 bits per heavy atom. The van der Waals surface area contributed by atoms with Crippen LogP contribution in [0.1, 0.15) is 25.1 Å². The van der Waals surface area contributed by atoms with Crippen molar-refractivity contribution < 1.29 is 4.92 Å². The number of hydrogen-bond acceptors (Lipinski definition) is 5. The lowest BCUT2D eigenvalue weighted by Crippen LogP contribution is -2.35. The van der Waals surface area contributed by atoms with Gasteiger partial charge in [0.15, 0.2) is 0 Å². The van der Waals surface area contributed by atoms with Crippen LogP contribution in [0.5, 0.6) is 0 Å². The molecule has 1 N–H and O–H groups in total. The number of imidazole rings is 1. The van der Waals surface area contributed by atoms with Gasteiger partial charge in [-0.1, -0.05) is 6.42 Å². The summed E-state index contributed by atoms with van der Waals surface area (Å²) in [5.41, 5.74) is 3.11. The van der Waals surface area contributed by atoms with E-state index < -0.39 is 4.92 Å². The first-order chi connectivity index (χ1) is 8.09. The number of aryl methyl sites for hydroxylation is 1. The van der Waals surface area contributed by atoms with Gasteiger partial charge in [-0.15, -0.1) is 0 Å². The predicted molar refractivity (Wildman–Crippen MR) is 63.6 cm³/mol. The fourth-order valence-corrected chi connectivity index (χ4v) is 2.00. The SMILES string of the molecule is Cc1nc([N+](=O)[O-])c(NN2CCCCC2)n1C. The van der Waals surface area contributed by atoms with Gasteiger partial charge in [0.25, 0.3) is 0 Å². The van der Waals surface area contributed by atoms with Gasteiger partial charge in [-0.2, -0.15) is 0 Å². The molecule has 7 heteroatoms. The zero-order valence-corrected chi connectivity index (χ0v) is 10.1. The molecule has 17 heavy (non-hydrogen) atoms. The van der Waals surface area contributed by atoms with Crippen molar-refractivity contribution in [3.05, 3.63) is 15.9 Å². The Kier molecular flexibility index (Phi) is 3.28. The number of rotatable bonds is 3. The molecule has 1 fully saturated rings. The van der Waals surface area contributed by atoms with Gasteiger partial charge in [0.2, 0.25) is 11.6 Å². The quantitative estimate of drug-likeness (QED) is 0.638. The van der Waals surface area contributed by atoms with Crippen LogP contribution in [-0.4, -0.2) is 32.6 Å². The molecular weight excluding hydrogens is 222 g/mol. The summed E-state index contributed by atoms with van der Waals surface area (Å²) >= 11 is 0. The second-order valence-electron chi connectivity index (χ2n) is 4.31. The van der Waals surface area contributed by atoms with Gasteiger partial charge in [0, 0.05) is 27.1 Å². The van der Waals surface area contributed by atoms with E-state index in [1.807, 2.05) is 5.01 Å². The summed E-state index contributed by atoms with van der Waals surface area (Å²) in [4.78, 5) is 14.4. The molecule has 1 saturated heterocycles. The standard InChI is InChI=1S/C10H17N5O2/c1-8-11-9(15(16)17)10(13(8)2)12-14-6-4-3-5-7-14/h12H,3-7H2,1-2H3. The van der Waals surface area contributed by atoms with E-state index in [-0.39, 0.29) is 5.82 Å². The van der Waals surface area contributed by atoms with E-state index in [0.717, 1.165) is 25.9 Å². The second-order valence-corrected chi connectivity index (χ2v) is 4.31. The summed E-state index contributed by atoms with van der Waals surface area (Å²) in [6.45, 7) is 3.59. The summed E-state index contributed by atoms with van der Waals surface area (Å²) in [5.74, 6) is 1.00. The number of aromatic nitrogens is 2. The normalized spacial score (nSPS) is 17.1. The largest absolute Gasteiger partial charge is 0.408 e. The highest BCUT2D eigenvalue weighted by Gasteiger charge is 2.25. The van der Waals surface area contributed by atoms with Crippen LogP contribution in [0.3, 0.4) is 0 Å². The first-order valence-electron chi connectivity index (χ1n) is 5.79. The van der Waals surface area contributed by atoms with Crippen LogP contribution in [0.15, 0.2) is 0 Å². The van der Waals surface area contributed by atoms with Crippen molar-refractivity contribution >= 4 is 11.6 Å².